The van der Waals surface area contributed by atoms with E-state index in [1.807, 2.05) is 0 Å². The number of aromatic nitrogens is 4. The Kier molecular flexibility index (Phi) is 5.22. The second-order valence-corrected chi connectivity index (χ2v) is 7.95. The second kappa shape index (κ2) is 8.12. The number of nitrogens with zero attached hydrogens (tertiary/aromatic N) is 5. The van der Waals surface area contributed by atoms with Gasteiger partial charge < -0.3 is 14.6 Å². The van der Waals surface area contributed by atoms with Crippen molar-refractivity contribution >= 4 is 23.0 Å². The highest BCUT2D eigenvalue weighted by atomic mass is 19.3. The number of alkyl halides is 2. The number of halogens is 4. The third-order valence-corrected chi connectivity index (χ3v) is 5.77. The van der Waals surface area contributed by atoms with Gasteiger partial charge in [-0.1, -0.05) is 6.07 Å². The summed E-state index contributed by atoms with van der Waals surface area (Å²) in [6, 6.07) is 4.85. The topological polar surface area (TPSA) is 89.1 Å². The van der Waals surface area contributed by atoms with Crippen molar-refractivity contribution < 1.29 is 26.8 Å². The predicted molar refractivity (Wildman–Crippen MR) is 113 cm³/mol. The molecule has 4 aromatic rings. The first kappa shape index (κ1) is 21.9. The van der Waals surface area contributed by atoms with E-state index in [4.69, 9.17) is 4.42 Å². The Hall–Kier alpha value is -3.96. The highest BCUT2D eigenvalue weighted by molar-refractivity contribution is 5.98. The summed E-state index contributed by atoms with van der Waals surface area (Å²) < 4.78 is 63.2. The molecule has 34 heavy (non-hydrogen) atoms. The Morgan fingerprint density at radius 3 is 2.74 bits per heavy atom. The molecule has 1 aliphatic heterocycles. The van der Waals surface area contributed by atoms with Gasteiger partial charge in [-0.2, -0.15) is 15.2 Å². The molecule has 1 fully saturated rings. The van der Waals surface area contributed by atoms with E-state index in [0.717, 1.165) is 15.8 Å². The fraction of sp³-hybridized carbons (Fsp3) is 0.273. The van der Waals surface area contributed by atoms with Crippen LogP contribution >= 0.6 is 0 Å². The smallest absolute Gasteiger partial charge is 0.295 e. The van der Waals surface area contributed by atoms with Crippen LogP contribution in [0.5, 0.6) is 0 Å². The Labute approximate surface area is 190 Å². The Morgan fingerprint density at radius 2 is 1.97 bits per heavy atom. The number of aryl methyl sites for hydroxylation is 1. The number of fused-ring (bicyclic) bond motifs is 1. The zero-order valence-electron chi connectivity index (χ0n) is 17.8. The van der Waals surface area contributed by atoms with E-state index in [1.54, 1.807) is 0 Å². The standard InChI is InChI=1S/C22H18F4N6O2/c1-12-2-4-14(19(18(12)24)32-28-7-8-29-32)20(33)31-9-6-22(25,26)17(31)11-27-21-30-15-5-3-13(23)10-16(15)34-21/h2-5,7-8,10,17H,6,9,11H2,1H3,(H,27,30)/t17-/m1/s1. The quantitative estimate of drug-likeness (QED) is 0.441. The summed E-state index contributed by atoms with van der Waals surface area (Å²) in [6.45, 7) is 0.885. The number of carbonyl (C=O) groups is 1. The summed E-state index contributed by atoms with van der Waals surface area (Å²) >= 11 is 0. The predicted octanol–water partition coefficient (Wildman–Crippen LogP) is 3.96. The van der Waals surface area contributed by atoms with E-state index in [-0.39, 0.29) is 35.0 Å². The van der Waals surface area contributed by atoms with Crippen LogP contribution in [-0.2, 0) is 0 Å². The molecule has 12 heteroatoms. The molecule has 0 bridgehead atoms. The van der Waals surface area contributed by atoms with Crippen LogP contribution < -0.4 is 5.32 Å². The molecule has 2 aromatic carbocycles. The number of nitrogens with one attached hydrogen (secondary N) is 1. The average Bonchev–Trinajstić information content (AvgIpc) is 3.52. The second-order valence-electron chi connectivity index (χ2n) is 7.95. The summed E-state index contributed by atoms with van der Waals surface area (Å²) in [5.41, 5.74) is 0.403. The third-order valence-electron chi connectivity index (χ3n) is 5.77. The van der Waals surface area contributed by atoms with Crippen molar-refractivity contribution in [3.63, 3.8) is 0 Å². The maximum atomic E-state index is 14.9. The minimum atomic E-state index is -3.21. The lowest BCUT2D eigenvalue weighted by Gasteiger charge is -2.28. The maximum absolute atomic E-state index is 14.9. The summed E-state index contributed by atoms with van der Waals surface area (Å²) in [5, 5.41) is 10.5. The molecular formula is C22H18F4N6O2. The first-order valence-corrected chi connectivity index (χ1v) is 10.4. The van der Waals surface area contributed by atoms with Crippen LogP contribution in [0.25, 0.3) is 16.8 Å². The minimum absolute atomic E-state index is 0.0847. The molecule has 1 N–H and O–H groups in total. The summed E-state index contributed by atoms with van der Waals surface area (Å²) in [5.74, 6) is -5.24. The lowest BCUT2D eigenvalue weighted by Crippen LogP contribution is -2.47. The van der Waals surface area contributed by atoms with Gasteiger partial charge in [-0.05, 0) is 30.7 Å². The van der Waals surface area contributed by atoms with Gasteiger partial charge in [0, 0.05) is 25.6 Å². The van der Waals surface area contributed by atoms with E-state index in [2.05, 4.69) is 20.5 Å². The molecule has 8 nitrogen and oxygen atoms in total. The monoisotopic (exact) mass is 474 g/mol. The zero-order valence-corrected chi connectivity index (χ0v) is 17.8. The molecular weight excluding hydrogens is 456 g/mol. The van der Waals surface area contributed by atoms with Crippen LogP contribution in [0, 0.1) is 18.6 Å². The van der Waals surface area contributed by atoms with Gasteiger partial charge in [0.1, 0.15) is 23.1 Å². The van der Waals surface area contributed by atoms with Gasteiger partial charge in [0.15, 0.2) is 11.4 Å². The van der Waals surface area contributed by atoms with Crippen LogP contribution in [0.15, 0.2) is 47.1 Å². The SMILES string of the molecule is Cc1ccc(C(=O)N2CCC(F)(F)[C@H]2CNc2nc3ccc(F)cc3o2)c(-n2nccn2)c1F. The zero-order chi connectivity index (χ0) is 24.0. The first-order chi connectivity index (χ1) is 16.2. The number of hydrogen-bond donors (Lipinski definition) is 1. The number of oxazole rings is 1. The van der Waals surface area contributed by atoms with Crippen molar-refractivity contribution in [3.8, 4) is 5.69 Å². The maximum Gasteiger partial charge on any atom is 0.295 e. The number of benzene rings is 2. The molecule has 3 heterocycles. The molecule has 1 amide bonds. The lowest BCUT2D eigenvalue weighted by molar-refractivity contribution is -0.0249. The normalized spacial score (nSPS) is 17.4. The lowest BCUT2D eigenvalue weighted by atomic mass is 10.1. The molecule has 1 aliphatic rings. The van der Waals surface area contributed by atoms with Crippen LogP contribution in [0.3, 0.4) is 0 Å². The highest BCUT2D eigenvalue weighted by Gasteiger charge is 2.51. The van der Waals surface area contributed by atoms with E-state index in [0.29, 0.717) is 5.52 Å². The van der Waals surface area contributed by atoms with E-state index in [1.165, 1.54) is 43.6 Å². The Morgan fingerprint density at radius 1 is 1.21 bits per heavy atom. The van der Waals surface area contributed by atoms with Gasteiger partial charge in [-0.3, -0.25) is 4.79 Å². The summed E-state index contributed by atoms with van der Waals surface area (Å²) in [4.78, 5) is 19.4. The van der Waals surface area contributed by atoms with Crippen molar-refractivity contribution in [3.05, 3.63) is 65.5 Å². The molecule has 176 valence electrons. The number of amides is 1. The molecule has 0 radical (unpaired) electrons. The molecule has 5 rings (SSSR count). The molecule has 0 aliphatic carbocycles. The van der Waals surface area contributed by atoms with Gasteiger partial charge in [0.25, 0.3) is 17.8 Å². The molecule has 0 unspecified atom stereocenters. The largest absolute Gasteiger partial charge is 0.423 e. The van der Waals surface area contributed by atoms with Crippen molar-refractivity contribution in [1.82, 2.24) is 24.9 Å². The van der Waals surface area contributed by atoms with Crippen molar-refractivity contribution in [1.29, 1.82) is 0 Å². The molecule has 0 spiro atoms. The van der Waals surface area contributed by atoms with Gasteiger partial charge in [0.05, 0.1) is 18.0 Å². The van der Waals surface area contributed by atoms with Crippen molar-refractivity contribution in [2.45, 2.75) is 25.3 Å². The third kappa shape index (κ3) is 3.74. The van der Waals surface area contributed by atoms with E-state index >= 15 is 0 Å². The number of carbonyl (C=O) groups excluding carboxylic acids is 1. The average molecular weight is 474 g/mol. The van der Waals surface area contributed by atoms with Crippen LogP contribution in [0.1, 0.15) is 22.3 Å². The molecule has 1 atom stereocenters. The first-order valence-electron chi connectivity index (χ1n) is 10.4. The number of hydrogen-bond acceptors (Lipinski definition) is 6. The molecule has 0 saturated carbocycles. The van der Waals surface area contributed by atoms with Crippen LogP contribution in [0.2, 0.25) is 0 Å². The van der Waals surface area contributed by atoms with Crippen LogP contribution in [0.4, 0.5) is 23.6 Å². The Bertz CT molecular complexity index is 1370. The van der Waals surface area contributed by atoms with E-state index in [9.17, 15) is 22.4 Å². The fourth-order valence-electron chi connectivity index (χ4n) is 4.00. The summed E-state index contributed by atoms with van der Waals surface area (Å²) in [7, 11) is 0. The van der Waals surface area contributed by atoms with Crippen molar-refractivity contribution in [2.75, 3.05) is 18.4 Å². The molecule has 2 aromatic heterocycles. The molecule has 1 saturated heterocycles. The minimum Gasteiger partial charge on any atom is -0.423 e. The van der Waals surface area contributed by atoms with Gasteiger partial charge >= 0.3 is 0 Å². The van der Waals surface area contributed by atoms with Gasteiger partial charge in [-0.25, -0.2) is 17.6 Å². The van der Waals surface area contributed by atoms with Crippen molar-refractivity contribution in [2.24, 2.45) is 0 Å². The number of rotatable bonds is 5. The van der Waals surface area contributed by atoms with Gasteiger partial charge in [0.2, 0.25) is 0 Å². The number of anilines is 1. The van der Waals surface area contributed by atoms with Gasteiger partial charge in [-0.15, -0.1) is 4.80 Å². The number of likely N-dealkylation sites (tertiary alicyclic amines) is 1. The van der Waals surface area contributed by atoms with Crippen LogP contribution in [-0.4, -0.2) is 55.8 Å². The van der Waals surface area contributed by atoms with E-state index < -0.39 is 42.5 Å². The highest BCUT2D eigenvalue weighted by Crippen LogP contribution is 2.36. The summed E-state index contributed by atoms with van der Waals surface area (Å²) in [6.07, 6.45) is 2.07. The fourth-order valence-corrected chi connectivity index (χ4v) is 4.00. The Balaban J connectivity index is 1.44.